The summed E-state index contributed by atoms with van der Waals surface area (Å²) in [6.07, 6.45) is 12.6. The summed E-state index contributed by atoms with van der Waals surface area (Å²) in [5.41, 5.74) is 6.52. The first-order chi connectivity index (χ1) is 18.8. The Bertz CT molecular complexity index is 1110. The average Bonchev–Trinajstić information content (AvgIpc) is 3.48. The summed E-state index contributed by atoms with van der Waals surface area (Å²) in [5.74, 6) is 2.01. The number of nitrogens with one attached hydrogen (secondary N) is 1. The van der Waals surface area contributed by atoms with Crippen LogP contribution in [0.1, 0.15) is 96.1 Å². The number of likely N-dealkylation sites (N-methyl/N-ethyl adjacent to an activating group) is 1. The molecule has 7 nitrogen and oxygen atoms in total. The Balaban J connectivity index is 1.18. The molecule has 0 bridgehead atoms. The number of aliphatic hydroxyl groups is 1. The molecule has 39 heavy (non-hydrogen) atoms. The maximum Gasteiger partial charge on any atom is 0.306 e. The van der Waals surface area contributed by atoms with Crippen molar-refractivity contribution < 1.29 is 14.6 Å². The van der Waals surface area contributed by atoms with Crippen LogP contribution in [0.5, 0.6) is 0 Å². The van der Waals surface area contributed by atoms with Gasteiger partial charge in [0.05, 0.1) is 10.6 Å². The van der Waals surface area contributed by atoms with E-state index in [-0.39, 0.29) is 22.9 Å². The first-order valence-electron chi connectivity index (χ1n) is 15.6. The molecule has 5 aliphatic rings. The van der Waals surface area contributed by atoms with Gasteiger partial charge in [-0.3, -0.25) is 15.1 Å². The molecule has 4 aliphatic carbocycles. The summed E-state index contributed by atoms with van der Waals surface area (Å²) in [4.78, 5) is 21.2. The van der Waals surface area contributed by atoms with Crippen LogP contribution in [0.4, 0.5) is 5.13 Å². The van der Waals surface area contributed by atoms with E-state index in [0.29, 0.717) is 30.7 Å². The van der Waals surface area contributed by atoms with Gasteiger partial charge in [-0.25, -0.2) is 4.98 Å². The minimum atomic E-state index is -0.516. The summed E-state index contributed by atoms with van der Waals surface area (Å²) in [6, 6.07) is 0. The molecule has 7 atom stereocenters. The molecule has 1 aromatic heterocycles. The Kier molecular flexibility index (Phi) is 7.62. The van der Waals surface area contributed by atoms with Gasteiger partial charge in [0.1, 0.15) is 12.3 Å². The number of unbranched alkanes of at least 4 members (excludes halogenated alkanes) is 1. The molecule has 8 heteroatoms. The molecule has 3 fully saturated rings. The number of carbonyl (C=O) groups excluding carboxylic acids is 1. The number of aliphatic hydroxyl groups excluding tert-OH is 1. The lowest BCUT2D eigenvalue weighted by Gasteiger charge is -2.56. The predicted molar refractivity (Wildman–Crippen MR) is 156 cm³/mol. The maximum atomic E-state index is 12.5. The number of nitrogens with zero attached hydrogens (tertiary/aromatic N) is 3. The number of carbonyl (C=O) groups is 1. The summed E-state index contributed by atoms with van der Waals surface area (Å²) in [7, 11) is 0. The number of hydrogen-bond donors (Lipinski definition) is 2. The fraction of sp³-hybridized carbons (Fsp3) is 0.806. The predicted octanol–water partition coefficient (Wildman–Crippen LogP) is 5.71. The third kappa shape index (κ3) is 4.77. The van der Waals surface area contributed by atoms with Crippen molar-refractivity contribution in [2.24, 2.45) is 28.6 Å². The van der Waals surface area contributed by atoms with Gasteiger partial charge >= 0.3 is 5.97 Å². The van der Waals surface area contributed by atoms with Gasteiger partial charge in [0.25, 0.3) is 0 Å². The third-order valence-electron chi connectivity index (χ3n) is 11.3. The van der Waals surface area contributed by atoms with Crippen LogP contribution in [-0.2, 0) is 16.0 Å². The molecule has 0 amide bonds. The fourth-order valence-electron chi connectivity index (χ4n) is 8.97. The van der Waals surface area contributed by atoms with Gasteiger partial charge in [-0.2, -0.15) is 5.01 Å². The van der Waals surface area contributed by atoms with E-state index in [1.807, 2.05) is 5.01 Å². The number of β-amino-alcohol motifs (C(OH)–C–C–N with tert-alkyl or cyclic N) is 1. The smallest absolute Gasteiger partial charge is 0.306 e. The number of piperazine rings is 1. The van der Waals surface area contributed by atoms with Crippen molar-refractivity contribution >= 4 is 28.0 Å². The molecule has 1 aromatic rings. The number of aromatic nitrogens is 1. The number of rotatable bonds is 7. The molecule has 1 aliphatic heterocycles. The molecule has 2 heterocycles. The molecule has 0 aromatic carbocycles. The van der Waals surface area contributed by atoms with Crippen molar-refractivity contribution in [3.63, 3.8) is 0 Å². The van der Waals surface area contributed by atoms with Crippen molar-refractivity contribution in [3.8, 4) is 0 Å². The number of fused-ring (bicyclic) bond motifs is 7. The van der Waals surface area contributed by atoms with Crippen LogP contribution in [0.2, 0.25) is 0 Å². The highest BCUT2D eigenvalue weighted by molar-refractivity contribution is 7.16. The van der Waals surface area contributed by atoms with Gasteiger partial charge in [0.15, 0.2) is 5.13 Å². The van der Waals surface area contributed by atoms with Crippen molar-refractivity contribution in [1.82, 2.24) is 14.9 Å². The minimum absolute atomic E-state index is 0.0119. The van der Waals surface area contributed by atoms with Crippen LogP contribution < -0.4 is 5.43 Å². The van der Waals surface area contributed by atoms with Crippen LogP contribution >= 0.6 is 11.3 Å². The normalized spacial score (nSPS) is 38.3. The van der Waals surface area contributed by atoms with Gasteiger partial charge in [-0.1, -0.05) is 51.5 Å². The lowest BCUT2D eigenvalue weighted by Crippen LogP contribution is -2.54. The minimum Gasteiger partial charge on any atom is -0.462 e. The lowest BCUT2D eigenvalue weighted by molar-refractivity contribution is -0.159. The van der Waals surface area contributed by atoms with Gasteiger partial charge in [0, 0.05) is 31.5 Å². The molecule has 0 spiro atoms. The molecule has 2 N–H and O–H groups in total. The van der Waals surface area contributed by atoms with E-state index >= 15 is 0 Å². The zero-order chi connectivity index (χ0) is 27.4. The molecule has 0 radical (unpaired) electrons. The lowest BCUT2D eigenvalue weighted by atomic mass is 9.48. The topological polar surface area (TPSA) is 77.9 Å². The first kappa shape index (κ1) is 27.7. The number of anilines is 1. The van der Waals surface area contributed by atoms with E-state index in [1.165, 1.54) is 29.0 Å². The van der Waals surface area contributed by atoms with Crippen LogP contribution in [0.25, 0.3) is 5.57 Å². The number of hydrogen-bond acceptors (Lipinski definition) is 8. The van der Waals surface area contributed by atoms with Crippen LogP contribution in [0, 0.1) is 28.6 Å². The van der Waals surface area contributed by atoms with E-state index in [1.54, 1.807) is 11.3 Å². The quantitative estimate of drug-likeness (QED) is 0.417. The van der Waals surface area contributed by atoms with Gasteiger partial charge in [0.2, 0.25) is 0 Å². The SMILES string of the molecule is CCCCC(=O)O[C@H]1CC[C@H]2[C@@H]3CC=C4c5sc(NN6CCN(CC)CC6O)nc5CC[C@]4(C)[C@H]3CC[C@]12C. The second-order valence-corrected chi connectivity index (χ2v) is 14.3. The van der Waals surface area contributed by atoms with E-state index in [0.717, 1.165) is 69.7 Å². The number of ether oxygens (including phenoxy) is 1. The Hall–Kier alpha value is -1.48. The van der Waals surface area contributed by atoms with Crippen LogP contribution in [0.15, 0.2) is 6.08 Å². The Morgan fingerprint density at radius 1 is 1.21 bits per heavy atom. The van der Waals surface area contributed by atoms with Gasteiger partial charge in [-0.05, 0) is 86.7 Å². The van der Waals surface area contributed by atoms with Gasteiger partial charge < -0.3 is 9.84 Å². The largest absolute Gasteiger partial charge is 0.462 e. The van der Waals surface area contributed by atoms with Gasteiger partial charge in [-0.15, -0.1) is 0 Å². The second kappa shape index (κ2) is 10.7. The molecule has 6 rings (SSSR count). The molecule has 1 unspecified atom stereocenters. The number of thiazole rings is 1. The van der Waals surface area contributed by atoms with Crippen molar-refractivity contribution in [1.29, 1.82) is 0 Å². The summed E-state index contributed by atoms with van der Waals surface area (Å²) in [5, 5.41) is 13.5. The maximum absolute atomic E-state index is 12.5. The third-order valence-corrected chi connectivity index (χ3v) is 12.4. The van der Waals surface area contributed by atoms with Crippen molar-refractivity contribution in [3.05, 3.63) is 16.6 Å². The van der Waals surface area contributed by atoms with Crippen molar-refractivity contribution in [2.45, 2.75) is 104 Å². The Labute approximate surface area is 238 Å². The van der Waals surface area contributed by atoms with Crippen LogP contribution in [0.3, 0.4) is 0 Å². The summed E-state index contributed by atoms with van der Waals surface area (Å²) >= 11 is 1.78. The molecule has 216 valence electrons. The zero-order valence-electron chi connectivity index (χ0n) is 24.4. The highest BCUT2D eigenvalue weighted by Crippen LogP contribution is 2.66. The standard InChI is InChI=1S/C31H48N4O3S/c1-5-7-8-27(37)38-25-12-11-21-20-9-10-23-28-24(14-16-30(23,3)22(20)13-15-31(21,25)4)32-29(39-28)33-35-18-17-34(6-2)19-26(35)36/h10,20-22,25-26,36H,5-9,11-19H2,1-4H3,(H,32,33)/t20-,21-,22-,25-,26?,30+,31-/m0/s1. The molecular weight excluding hydrogens is 508 g/mol. The molecule has 1 saturated heterocycles. The highest BCUT2D eigenvalue weighted by Gasteiger charge is 2.60. The van der Waals surface area contributed by atoms with E-state index in [9.17, 15) is 9.90 Å². The number of hydrazine groups is 1. The fourth-order valence-corrected chi connectivity index (χ4v) is 10.2. The zero-order valence-corrected chi connectivity index (χ0v) is 25.2. The van der Waals surface area contributed by atoms with Crippen molar-refractivity contribution in [2.75, 3.05) is 31.6 Å². The monoisotopic (exact) mass is 556 g/mol. The number of esters is 1. The highest BCUT2D eigenvalue weighted by atomic mass is 32.1. The molecule has 2 saturated carbocycles. The number of aryl methyl sites for hydroxylation is 1. The summed E-state index contributed by atoms with van der Waals surface area (Å²) in [6.45, 7) is 12.6. The first-order valence-corrected chi connectivity index (χ1v) is 16.4. The van der Waals surface area contributed by atoms with Crippen LogP contribution in [-0.4, -0.2) is 64.5 Å². The van der Waals surface area contributed by atoms with E-state index in [2.05, 4.69) is 44.1 Å². The Morgan fingerprint density at radius 3 is 2.82 bits per heavy atom. The van der Waals surface area contributed by atoms with E-state index in [4.69, 9.17) is 9.72 Å². The number of allylic oxidation sites excluding steroid dienone is 2. The second-order valence-electron chi connectivity index (χ2n) is 13.3. The van der Waals surface area contributed by atoms with E-state index < -0.39 is 6.23 Å². The average molecular weight is 557 g/mol. The summed E-state index contributed by atoms with van der Waals surface area (Å²) < 4.78 is 6.14. The molecular formula is C31H48N4O3S. The Morgan fingerprint density at radius 2 is 2.05 bits per heavy atom.